The van der Waals surface area contributed by atoms with Gasteiger partial charge in [0.25, 0.3) is 0 Å². The van der Waals surface area contributed by atoms with Crippen molar-refractivity contribution in [1.82, 2.24) is 10.6 Å². The molecule has 16 heavy (non-hydrogen) atoms. The average molecular weight is 232 g/mol. The molecule has 0 aliphatic heterocycles. The van der Waals surface area contributed by atoms with E-state index in [0.29, 0.717) is 0 Å². The molecule has 0 aliphatic carbocycles. The van der Waals surface area contributed by atoms with Crippen molar-refractivity contribution < 1.29 is 19.8 Å². The molecule has 0 bridgehead atoms. The summed E-state index contributed by atoms with van der Waals surface area (Å²) in [4.78, 5) is 21.8. The van der Waals surface area contributed by atoms with Gasteiger partial charge in [-0.3, -0.25) is 9.59 Å². The van der Waals surface area contributed by atoms with Gasteiger partial charge in [-0.15, -0.1) is 0 Å². The van der Waals surface area contributed by atoms with Crippen LogP contribution >= 0.6 is 0 Å². The van der Waals surface area contributed by atoms with Gasteiger partial charge in [-0.05, 0) is 20.8 Å². The Bertz CT molecular complexity index is 248. The van der Waals surface area contributed by atoms with Crippen molar-refractivity contribution in [2.45, 2.75) is 38.8 Å². The lowest BCUT2D eigenvalue weighted by Crippen LogP contribution is -2.52. The Morgan fingerprint density at radius 3 is 2.25 bits per heavy atom. The maximum absolute atomic E-state index is 11.6. The van der Waals surface area contributed by atoms with Crippen molar-refractivity contribution in [3.8, 4) is 0 Å². The summed E-state index contributed by atoms with van der Waals surface area (Å²) in [5.41, 5.74) is -0.376. The molecule has 0 radical (unpaired) electrons. The molecule has 0 unspecified atom stereocenters. The first-order valence-corrected chi connectivity index (χ1v) is 5.14. The van der Waals surface area contributed by atoms with Gasteiger partial charge in [0, 0.05) is 12.1 Å². The number of amides is 1. The minimum absolute atomic E-state index is 0.0840. The Morgan fingerprint density at radius 1 is 1.31 bits per heavy atom. The molecule has 0 aromatic carbocycles. The predicted octanol–water partition coefficient (Wildman–Crippen LogP) is -0.674. The summed E-state index contributed by atoms with van der Waals surface area (Å²) in [7, 11) is 0. The molecule has 0 heterocycles. The van der Waals surface area contributed by atoms with Gasteiger partial charge in [-0.2, -0.15) is 0 Å². The van der Waals surface area contributed by atoms with Gasteiger partial charge >= 0.3 is 5.97 Å². The summed E-state index contributed by atoms with van der Waals surface area (Å²) in [6.07, 6.45) is -0.0840. The number of aliphatic carboxylic acids is 1. The highest BCUT2D eigenvalue weighted by atomic mass is 16.4. The molecule has 1 atom stereocenters. The van der Waals surface area contributed by atoms with Crippen LogP contribution in [0.3, 0.4) is 0 Å². The number of carboxylic acids is 1. The molecule has 0 saturated heterocycles. The molecule has 0 aromatic rings. The fourth-order valence-electron chi connectivity index (χ4n) is 1.05. The van der Waals surface area contributed by atoms with Gasteiger partial charge in [-0.25, -0.2) is 0 Å². The molecule has 1 amide bonds. The van der Waals surface area contributed by atoms with Crippen LogP contribution < -0.4 is 10.6 Å². The van der Waals surface area contributed by atoms with Crippen LogP contribution in [0.5, 0.6) is 0 Å². The largest absolute Gasteiger partial charge is 0.481 e. The van der Waals surface area contributed by atoms with E-state index < -0.39 is 12.0 Å². The van der Waals surface area contributed by atoms with Gasteiger partial charge in [0.15, 0.2) is 0 Å². The number of hydrogen-bond acceptors (Lipinski definition) is 4. The van der Waals surface area contributed by atoms with Crippen LogP contribution in [0, 0.1) is 0 Å². The molecule has 0 spiro atoms. The van der Waals surface area contributed by atoms with E-state index >= 15 is 0 Å². The highest BCUT2D eigenvalue weighted by Gasteiger charge is 2.21. The van der Waals surface area contributed by atoms with Gasteiger partial charge in [0.2, 0.25) is 5.91 Å². The van der Waals surface area contributed by atoms with Crippen molar-refractivity contribution >= 4 is 11.9 Å². The van der Waals surface area contributed by atoms with Crippen molar-refractivity contribution in [1.29, 1.82) is 0 Å². The lowest BCUT2D eigenvalue weighted by Gasteiger charge is -2.24. The average Bonchev–Trinajstić information content (AvgIpc) is 2.08. The molecule has 6 heteroatoms. The lowest BCUT2D eigenvalue weighted by atomic mass is 10.1. The van der Waals surface area contributed by atoms with E-state index in [0.717, 1.165) is 0 Å². The molecule has 0 fully saturated rings. The normalized spacial score (nSPS) is 13.2. The minimum atomic E-state index is -0.944. The maximum atomic E-state index is 11.6. The number of carboxylic acid groups (broad SMARTS) is 1. The van der Waals surface area contributed by atoms with E-state index in [9.17, 15) is 9.59 Å². The number of carbonyl (C=O) groups excluding carboxylic acids is 1. The number of aliphatic hydroxyl groups excluding tert-OH is 1. The highest BCUT2D eigenvalue weighted by Crippen LogP contribution is 1.99. The number of hydrogen-bond donors (Lipinski definition) is 4. The van der Waals surface area contributed by atoms with E-state index in [1.54, 1.807) is 0 Å². The van der Waals surface area contributed by atoms with E-state index in [2.05, 4.69) is 10.6 Å². The molecule has 94 valence electrons. The Labute approximate surface area is 95.0 Å². The van der Waals surface area contributed by atoms with Crippen molar-refractivity contribution in [3.63, 3.8) is 0 Å². The van der Waals surface area contributed by atoms with Crippen LogP contribution in [0.15, 0.2) is 0 Å². The first-order chi connectivity index (χ1) is 7.26. The lowest BCUT2D eigenvalue weighted by molar-refractivity contribution is -0.137. The zero-order chi connectivity index (χ0) is 12.8. The SMILES string of the molecule is CC(C)(C)NC(=O)[C@H](CO)NCCC(=O)O. The molecule has 6 nitrogen and oxygen atoms in total. The third kappa shape index (κ3) is 7.19. The number of rotatable bonds is 6. The van der Waals surface area contributed by atoms with Gasteiger partial charge in [0.1, 0.15) is 6.04 Å². The zero-order valence-corrected chi connectivity index (χ0v) is 9.91. The number of aliphatic hydroxyl groups is 1. The standard InChI is InChI=1S/C10H20N2O4/c1-10(2,3)12-9(16)7(6-13)11-5-4-8(14)15/h7,11,13H,4-6H2,1-3H3,(H,12,16)(H,14,15)/t7-/m0/s1. The van der Waals surface area contributed by atoms with Crippen LogP contribution in [-0.4, -0.2) is 46.8 Å². The van der Waals surface area contributed by atoms with Crippen LogP contribution in [-0.2, 0) is 9.59 Å². The van der Waals surface area contributed by atoms with E-state index in [1.807, 2.05) is 20.8 Å². The Morgan fingerprint density at radius 2 is 1.88 bits per heavy atom. The summed E-state index contributed by atoms with van der Waals surface area (Å²) in [6, 6.07) is -0.765. The third-order valence-corrected chi connectivity index (χ3v) is 1.73. The maximum Gasteiger partial charge on any atom is 0.304 e. The summed E-state index contributed by atoms with van der Waals surface area (Å²) in [5, 5.41) is 22.8. The molecular formula is C10H20N2O4. The second-order valence-electron chi connectivity index (χ2n) is 4.57. The molecule has 0 aromatic heterocycles. The Balaban J connectivity index is 4.07. The summed E-state index contributed by atoms with van der Waals surface area (Å²) in [5.74, 6) is -1.28. The number of nitrogens with one attached hydrogen (secondary N) is 2. The van der Waals surface area contributed by atoms with Crippen molar-refractivity contribution in [2.75, 3.05) is 13.2 Å². The smallest absolute Gasteiger partial charge is 0.304 e. The van der Waals surface area contributed by atoms with E-state index in [-0.39, 0.29) is 31.0 Å². The van der Waals surface area contributed by atoms with Crippen LogP contribution in [0.2, 0.25) is 0 Å². The van der Waals surface area contributed by atoms with Gasteiger partial charge in [0.05, 0.1) is 13.0 Å². The third-order valence-electron chi connectivity index (χ3n) is 1.73. The van der Waals surface area contributed by atoms with Crippen LogP contribution in [0.25, 0.3) is 0 Å². The molecule has 0 saturated carbocycles. The van der Waals surface area contributed by atoms with Crippen LogP contribution in [0.4, 0.5) is 0 Å². The summed E-state index contributed by atoms with van der Waals surface area (Å²) in [6.45, 7) is 5.28. The highest BCUT2D eigenvalue weighted by molar-refractivity contribution is 5.82. The van der Waals surface area contributed by atoms with Gasteiger partial charge in [-0.1, -0.05) is 0 Å². The topological polar surface area (TPSA) is 98.7 Å². The number of carbonyl (C=O) groups is 2. The zero-order valence-electron chi connectivity index (χ0n) is 9.91. The molecule has 0 aliphatic rings. The first-order valence-electron chi connectivity index (χ1n) is 5.14. The fourth-order valence-corrected chi connectivity index (χ4v) is 1.05. The van der Waals surface area contributed by atoms with E-state index in [1.165, 1.54) is 0 Å². The quantitative estimate of drug-likeness (QED) is 0.486. The van der Waals surface area contributed by atoms with Crippen molar-refractivity contribution in [2.24, 2.45) is 0 Å². The van der Waals surface area contributed by atoms with Crippen molar-refractivity contribution in [3.05, 3.63) is 0 Å². The van der Waals surface area contributed by atoms with Gasteiger partial charge < -0.3 is 20.8 Å². The summed E-state index contributed by atoms with van der Waals surface area (Å²) < 4.78 is 0. The summed E-state index contributed by atoms with van der Waals surface area (Å²) >= 11 is 0. The van der Waals surface area contributed by atoms with E-state index in [4.69, 9.17) is 10.2 Å². The second kappa shape index (κ2) is 6.44. The van der Waals surface area contributed by atoms with Crippen LogP contribution in [0.1, 0.15) is 27.2 Å². The monoisotopic (exact) mass is 232 g/mol. The molecule has 0 rings (SSSR count). The molecular weight excluding hydrogens is 212 g/mol. The Hall–Kier alpha value is -1.14. The predicted molar refractivity (Wildman–Crippen MR) is 59.0 cm³/mol. The Kier molecular flexibility index (Phi) is 5.98. The molecule has 4 N–H and O–H groups in total. The second-order valence-corrected chi connectivity index (χ2v) is 4.57. The first kappa shape index (κ1) is 14.9. The minimum Gasteiger partial charge on any atom is -0.481 e. The fraction of sp³-hybridized carbons (Fsp3) is 0.800.